The van der Waals surface area contributed by atoms with Crippen LogP contribution in [0.15, 0.2) is 42.5 Å². The summed E-state index contributed by atoms with van der Waals surface area (Å²) in [6, 6.07) is 13.6. The zero-order valence-electron chi connectivity index (χ0n) is 17.8. The number of aryl methyl sites for hydroxylation is 2. The first-order chi connectivity index (χ1) is 14.6. The van der Waals surface area contributed by atoms with Crippen molar-refractivity contribution in [2.75, 3.05) is 32.1 Å². The van der Waals surface area contributed by atoms with E-state index in [2.05, 4.69) is 34.1 Å². The van der Waals surface area contributed by atoms with E-state index in [0.717, 1.165) is 18.4 Å². The number of carbonyl (C=O) groups is 2. The first kappa shape index (κ1) is 21.8. The smallest absolute Gasteiger partial charge is 0.253 e. The van der Waals surface area contributed by atoms with Gasteiger partial charge in [-0.15, -0.1) is 0 Å². The molecule has 0 saturated carbocycles. The van der Waals surface area contributed by atoms with Gasteiger partial charge < -0.3 is 20.7 Å². The maximum absolute atomic E-state index is 12.5. The largest absolute Gasteiger partial charge is 0.383 e. The van der Waals surface area contributed by atoms with Gasteiger partial charge in [0.15, 0.2) is 0 Å². The summed E-state index contributed by atoms with van der Waals surface area (Å²) in [5.41, 5.74) is 5.10. The Kier molecular flexibility index (Phi) is 7.85. The van der Waals surface area contributed by atoms with Crippen LogP contribution in [0.2, 0.25) is 0 Å². The molecule has 0 aromatic heterocycles. The molecule has 0 radical (unpaired) electrons. The van der Waals surface area contributed by atoms with Crippen molar-refractivity contribution in [1.29, 1.82) is 0 Å². The average Bonchev–Trinajstić information content (AvgIpc) is 2.77. The quantitative estimate of drug-likeness (QED) is 0.556. The van der Waals surface area contributed by atoms with Crippen LogP contribution in [0.3, 0.4) is 0 Å². The molecule has 0 bridgehead atoms. The first-order valence-corrected chi connectivity index (χ1v) is 10.6. The molecule has 6 nitrogen and oxygen atoms in total. The van der Waals surface area contributed by atoms with Gasteiger partial charge in [0, 0.05) is 19.3 Å². The molecule has 160 valence electrons. The van der Waals surface area contributed by atoms with Crippen LogP contribution in [0.5, 0.6) is 0 Å². The third kappa shape index (κ3) is 5.83. The highest BCUT2D eigenvalue weighted by Gasteiger charge is 2.15. The van der Waals surface area contributed by atoms with Gasteiger partial charge in [0.1, 0.15) is 0 Å². The van der Waals surface area contributed by atoms with E-state index in [0.29, 0.717) is 24.4 Å². The lowest BCUT2D eigenvalue weighted by Crippen LogP contribution is -2.33. The molecule has 6 heteroatoms. The van der Waals surface area contributed by atoms with Crippen molar-refractivity contribution in [3.8, 4) is 0 Å². The van der Waals surface area contributed by atoms with Gasteiger partial charge in [0.05, 0.1) is 24.8 Å². The molecule has 1 unspecified atom stereocenters. The Balaban J connectivity index is 1.55. The molecule has 1 aliphatic rings. The van der Waals surface area contributed by atoms with Crippen LogP contribution >= 0.6 is 0 Å². The van der Waals surface area contributed by atoms with Crippen LogP contribution in [-0.2, 0) is 22.4 Å². The minimum Gasteiger partial charge on any atom is -0.383 e. The van der Waals surface area contributed by atoms with Crippen LogP contribution in [0, 0.1) is 0 Å². The van der Waals surface area contributed by atoms with Gasteiger partial charge in [0.25, 0.3) is 5.91 Å². The predicted octanol–water partition coefficient (Wildman–Crippen LogP) is 3.23. The van der Waals surface area contributed by atoms with Crippen LogP contribution in [0.4, 0.5) is 5.69 Å². The molecule has 3 rings (SSSR count). The second-order valence-corrected chi connectivity index (χ2v) is 7.67. The fourth-order valence-electron chi connectivity index (χ4n) is 3.77. The van der Waals surface area contributed by atoms with E-state index in [1.807, 2.05) is 13.0 Å². The first-order valence-electron chi connectivity index (χ1n) is 10.6. The number of hydrogen-bond donors (Lipinski definition) is 3. The highest BCUT2D eigenvalue weighted by molar-refractivity contribution is 6.00. The summed E-state index contributed by atoms with van der Waals surface area (Å²) in [5, 5.41) is 8.93. The number of para-hydroxylation sites is 1. The Morgan fingerprint density at radius 3 is 2.63 bits per heavy atom. The van der Waals surface area contributed by atoms with Crippen molar-refractivity contribution >= 4 is 17.5 Å². The number of benzene rings is 2. The van der Waals surface area contributed by atoms with Crippen LogP contribution < -0.4 is 16.0 Å². The number of rotatable bonds is 9. The van der Waals surface area contributed by atoms with Gasteiger partial charge >= 0.3 is 0 Å². The third-order valence-electron chi connectivity index (χ3n) is 5.45. The monoisotopic (exact) mass is 409 g/mol. The fraction of sp³-hybridized carbons (Fsp3) is 0.417. The van der Waals surface area contributed by atoms with Crippen molar-refractivity contribution in [3.05, 3.63) is 64.7 Å². The maximum Gasteiger partial charge on any atom is 0.253 e. The summed E-state index contributed by atoms with van der Waals surface area (Å²) in [4.78, 5) is 24.8. The summed E-state index contributed by atoms with van der Waals surface area (Å²) in [7, 11) is 1.59. The Morgan fingerprint density at radius 1 is 1.07 bits per heavy atom. The predicted molar refractivity (Wildman–Crippen MR) is 119 cm³/mol. The lowest BCUT2D eigenvalue weighted by Gasteiger charge is -2.20. The van der Waals surface area contributed by atoms with Gasteiger partial charge in [-0.1, -0.05) is 30.3 Å². The molecule has 0 fully saturated rings. The lowest BCUT2D eigenvalue weighted by atomic mass is 9.89. The molecule has 3 N–H and O–H groups in total. The minimum absolute atomic E-state index is 0.0703. The van der Waals surface area contributed by atoms with E-state index in [-0.39, 0.29) is 24.4 Å². The molecule has 2 amide bonds. The molecule has 2 aromatic rings. The van der Waals surface area contributed by atoms with Crippen molar-refractivity contribution in [3.63, 3.8) is 0 Å². The van der Waals surface area contributed by atoms with Crippen molar-refractivity contribution in [2.45, 2.75) is 38.6 Å². The zero-order chi connectivity index (χ0) is 21.3. The van der Waals surface area contributed by atoms with Crippen molar-refractivity contribution in [1.82, 2.24) is 10.6 Å². The Labute approximate surface area is 178 Å². The molecule has 1 atom stereocenters. The average molecular weight is 410 g/mol. The Hall–Kier alpha value is -2.86. The second-order valence-electron chi connectivity index (χ2n) is 7.67. The minimum atomic E-state index is -0.196. The standard InChI is InChI=1S/C24H31N3O3/c1-17(19-12-11-18-7-3-4-8-20(18)15-19)27-23(28)16-26-22-10-6-5-9-21(22)24(29)25-13-14-30-2/h5-6,9-12,15,17,26H,3-4,7-8,13-14,16H2,1-2H3,(H,25,29)(H,27,28). The third-order valence-corrected chi connectivity index (χ3v) is 5.45. The second kappa shape index (κ2) is 10.8. The Morgan fingerprint density at radius 2 is 1.83 bits per heavy atom. The molecule has 2 aromatic carbocycles. The number of anilines is 1. The highest BCUT2D eigenvalue weighted by atomic mass is 16.5. The summed E-state index contributed by atoms with van der Waals surface area (Å²) < 4.78 is 4.96. The van der Waals surface area contributed by atoms with Crippen molar-refractivity contribution in [2.24, 2.45) is 0 Å². The zero-order valence-corrected chi connectivity index (χ0v) is 17.8. The van der Waals surface area contributed by atoms with Crippen LogP contribution in [0.1, 0.15) is 52.9 Å². The molecular weight excluding hydrogens is 378 g/mol. The number of hydrogen-bond acceptors (Lipinski definition) is 4. The van der Waals surface area contributed by atoms with E-state index >= 15 is 0 Å². The van der Waals surface area contributed by atoms with Gasteiger partial charge in [0.2, 0.25) is 5.91 Å². The molecule has 1 aliphatic carbocycles. The van der Waals surface area contributed by atoms with Gasteiger partial charge in [-0.05, 0) is 61.4 Å². The lowest BCUT2D eigenvalue weighted by molar-refractivity contribution is -0.120. The normalized spacial score (nSPS) is 13.8. The molecule has 0 spiro atoms. The number of fused-ring (bicyclic) bond motifs is 1. The van der Waals surface area contributed by atoms with Gasteiger partial charge in [-0.2, -0.15) is 0 Å². The summed E-state index contributed by atoms with van der Waals surface area (Å²) in [6.07, 6.45) is 4.77. The topological polar surface area (TPSA) is 79.5 Å². The van der Waals surface area contributed by atoms with Crippen LogP contribution in [0.25, 0.3) is 0 Å². The summed E-state index contributed by atoms with van der Waals surface area (Å²) in [5.74, 6) is -0.312. The van der Waals surface area contributed by atoms with E-state index in [9.17, 15) is 9.59 Å². The van der Waals surface area contributed by atoms with Gasteiger partial charge in [-0.25, -0.2) is 0 Å². The molecule has 0 saturated heterocycles. The van der Waals surface area contributed by atoms with Gasteiger partial charge in [-0.3, -0.25) is 9.59 Å². The molecule has 30 heavy (non-hydrogen) atoms. The fourth-order valence-corrected chi connectivity index (χ4v) is 3.77. The highest BCUT2D eigenvalue weighted by Crippen LogP contribution is 2.24. The summed E-state index contributed by atoms with van der Waals surface area (Å²) >= 11 is 0. The van der Waals surface area contributed by atoms with E-state index in [4.69, 9.17) is 4.74 Å². The van der Waals surface area contributed by atoms with E-state index in [1.54, 1.807) is 25.3 Å². The number of methoxy groups -OCH3 is 1. The number of carbonyl (C=O) groups excluding carboxylic acids is 2. The maximum atomic E-state index is 12.5. The van der Waals surface area contributed by atoms with E-state index in [1.165, 1.54) is 24.0 Å². The molecule has 0 heterocycles. The number of amides is 2. The van der Waals surface area contributed by atoms with E-state index < -0.39 is 0 Å². The number of ether oxygens (including phenoxy) is 1. The molecular formula is C24H31N3O3. The number of nitrogens with one attached hydrogen (secondary N) is 3. The Bertz CT molecular complexity index is 882. The van der Waals surface area contributed by atoms with Crippen molar-refractivity contribution < 1.29 is 14.3 Å². The van der Waals surface area contributed by atoms with Crippen LogP contribution in [-0.4, -0.2) is 38.6 Å². The SMILES string of the molecule is COCCNC(=O)c1ccccc1NCC(=O)NC(C)c1ccc2c(c1)CCCC2. The summed E-state index contributed by atoms with van der Waals surface area (Å²) in [6.45, 7) is 2.98. The molecule has 0 aliphatic heterocycles.